The van der Waals surface area contributed by atoms with E-state index < -0.39 is 6.04 Å². The number of nitrogens with one attached hydrogen (secondary N) is 1. The van der Waals surface area contributed by atoms with Gasteiger partial charge in [-0.25, -0.2) is 0 Å². The molecule has 118 valence electrons. The summed E-state index contributed by atoms with van der Waals surface area (Å²) in [5, 5.41) is 2.95. The Kier molecular flexibility index (Phi) is 4.42. The Bertz CT molecular complexity index is 712. The molecular weight excluding hydrogens is 288 g/mol. The van der Waals surface area contributed by atoms with E-state index in [9.17, 15) is 9.59 Å². The van der Waals surface area contributed by atoms with Gasteiger partial charge in [0.05, 0.1) is 0 Å². The van der Waals surface area contributed by atoms with Crippen molar-refractivity contribution in [1.29, 1.82) is 0 Å². The molecule has 2 aromatic rings. The summed E-state index contributed by atoms with van der Waals surface area (Å²) in [6.45, 7) is 2.71. The van der Waals surface area contributed by atoms with Crippen molar-refractivity contribution < 1.29 is 9.59 Å². The van der Waals surface area contributed by atoms with Crippen LogP contribution in [0.3, 0.4) is 0 Å². The molecule has 3 rings (SSSR count). The molecule has 0 saturated carbocycles. The molecule has 0 aromatic heterocycles. The first-order valence-corrected chi connectivity index (χ1v) is 7.99. The van der Waals surface area contributed by atoms with E-state index in [1.54, 1.807) is 11.0 Å². The van der Waals surface area contributed by atoms with Gasteiger partial charge < -0.3 is 5.32 Å². The Balaban J connectivity index is 1.97. The van der Waals surface area contributed by atoms with E-state index in [4.69, 9.17) is 0 Å². The largest absolute Gasteiger partial charge is 0.354 e. The topological polar surface area (TPSA) is 49.4 Å². The fourth-order valence-electron chi connectivity index (χ4n) is 2.91. The van der Waals surface area contributed by atoms with Crippen LogP contribution in [0, 0.1) is 0 Å². The van der Waals surface area contributed by atoms with Gasteiger partial charge >= 0.3 is 0 Å². The predicted octanol–water partition coefficient (Wildman–Crippen LogP) is 3.30. The van der Waals surface area contributed by atoms with Gasteiger partial charge in [0.2, 0.25) is 5.91 Å². The van der Waals surface area contributed by atoms with E-state index in [0.29, 0.717) is 12.1 Å². The molecule has 0 spiro atoms. The van der Waals surface area contributed by atoms with E-state index in [1.807, 2.05) is 48.5 Å². The van der Waals surface area contributed by atoms with Crippen molar-refractivity contribution in [2.24, 2.45) is 0 Å². The Hall–Kier alpha value is -2.62. The zero-order valence-corrected chi connectivity index (χ0v) is 13.2. The Morgan fingerprint density at radius 2 is 1.78 bits per heavy atom. The number of anilines is 1. The minimum atomic E-state index is -0.599. The summed E-state index contributed by atoms with van der Waals surface area (Å²) in [6.07, 6.45) is 1.95. The van der Waals surface area contributed by atoms with Crippen molar-refractivity contribution in [2.45, 2.75) is 25.8 Å². The van der Waals surface area contributed by atoms with Gasteiger partial charge in [0.1, 0.15) is 6.04 Å². The summed E-state index contributed by atoms with van der Waals surface area (Å²) in [7, 11) is 0. The maximum atomic E-state index is 12.8. The van der Waals surface area contributed by atoms with Gasteiger partial charge in [0, 0.05) is 17.8 Å². The highest BCUT2D eigenvalue weighted by molar-refractivity contribution is 6.15. The van der Waals surface area contributed by atoms with Crippen molar-refractivity contribution >= 4 is 17.5 Å². The molecule has 0 saturated heterocycles. The molecule has 0 bridgehead atoms. The van der Waals surface area contributed by atoms with Crippen LogP contribution in [0.1, 0.15) is 41.7 Å². The highest BCUT2D eigenvalue weighted by Gasteiger charge is 2.41. The summed E-state index contributed by atoms with van der Waals surface area (Å²) in [5.41, 5.74) is 2.12. The normalized spacial score (nSPS) is 16.3. The minimum Gasteiger partial charge on any atom is -0.354 e. The minimum absolute atomic E-state index is 0.123. The first-order valence-electron chi connectivity index (χ1n) is 7.99. The van der Waals surface area contributed by atoms with Gasteiger partial charge in [0.25, 0.3) is 5.91 Å². The lowest BCUT2D eigenvalue weighted by atomic mass is 10.0. The van der Waals surface area contributed by atoms with Crippen LogP contribution in [-0.2, 0) is 4.79 Å². The molecule has 1 N–H and O–H groups in total. The fourth-order valence-corrected chi connectivity index (χ4v) is 2.91. The third-order valence-corrected chi connectivity index (χ3v) is 4.08. The molecule has 1 unspecified atom stereocenters. The van der Waals surface area contributed by atoms with Crippen molar-refractivity contribution in [1.82, 2.24) is 5.32 Å². The summed E-state index contributed by atoms with van der Waals surface area (Å²) >= 11 is 0. The third-order valence-electron chi connectivity index (χ3n) is 4.08. The van der Waals surface area contributed by atoms with E-state index in [0.717, 1.165) is 24.1 Å². The lowest BCUT2D eigenvalue weighted by molar-refractivity contribution is -0.122. The molecule has 2 aromatic carbocycles. The molecule has 1 aliphatic heterocycles. The fraction of sp³-hybridized carbons (Fsp3) is 0.263. The summed E-state index contributed by atoms with van der Waals surface area (Å²) < 4.78 is 0. The van der Waals surface area contributed by atoms with Crippen LogP contribution in [0.25, 0.3) is 0 Å². The summed E-state index contributed by atoms with van der Waals surface area (Å²) in [4.78, 5) is 27.1. The number of carbonyl (C=O) groups excluding carboxylic acids is 2. The standard InChI is InChI=1S/C19H20N2O2/c1-2-3-13-20-18(22)17-15-11-7-8-12-16(15)19(23)21(17)14-9-5-4-6-10-14/h4-12,17H,2-3,13H2,1H3,(H,20,22). The highest BCUT2D eigenvalue weighted by Crippen LogP contribution is 2.37. The van der Waals surface area contributed by atoms with E-state index in [-0.39, 0.29) is 11.8 Å². The molecule has 0 aliphatic carbocycles. The maximum Gasteiger partial charge on any atom is 0.259 e. The summed E-state index contributed by atoms with van der Waals surface area (Å²) in [6, 6.07) is 16.1. The van der Waals surface area contributed by atoms with E-state index in [1.165, 1.54) is 0 Å². The van der Waals surface area contributed by atoms with Gasteiger partial charge in [-0.05, 0) is 30.2 Å². The number of fused-ring (bicyclic) bond motifs is 1. The molecular formula is C19H20N2O2. The van der Waals surface area contributed by atoms with Crippen LogP contribution < -0.4 is 10.2 Å². The zero-order valence-electron chi connectivity index (χ0n) is 13.2. The molecule has 0 fully saturated rings. The van der Waals surface area contributed by atoms with Crippen molar-refractivity contribution in [3.05, 3.63) is 65.7 Å². The number of rotatable bonds is 5. The smallest absolute Gasteiger partial charge is 0.259 e. The second kappa shape index (κ2) is 6.65. The highest BCUT2D eigenvalue weighted by atomic mass is 16.2. The quantitative estimate of drug-likeness (QED) is 0.862. The van der Waals surface area contributed by atoms with Crippen LogP contribution in [0.4, 0.5) is 5.69 Å². The zero-order chi connectivity index (χ0) is 16.2. The lowest BCUT2D eigenvalue weighted by Gasteiger charge is -2.24. The van der Waals surface area contributed by atoms with Crippen molar-refractivity contribution in [3.63, 3.8) is 0 Å². The number of carbonyl (C=O) groups is 2. The second-order valence-electron chi connectivity index (χ2n) is 5.65. The first-order chi connectivity index (χ1) is 11.2. The van der Waals surface area contributed by atoms with Crippen LogP contribution in [0.2, 0.25) is 0 Å². The van der Waals surface area contributed by atoms with Gasteiger partial charge in [-0.1, -0.05) is 49.7 Å². The Morgan fingerprint density at radius 3 is 2.52 bits per heavy atom. The molecule has 1 heterocycles. The second-order valence-corrected chi connectivity index (χ2v) is 5.65. The molecule has 0 radical (unpaired) electrons. The summed E-state index contributed by atoms with van der Waals surface area (Å²) in [5.74, 6) is -0.247. The molecule has 4 heteroatoms. The van der Waals surface area contributed by atoms with Crippen molar-refractivity contribution in [2.75, 3.05) is 11.4 Å². The Morgan fingerprint density at radius 1 is 1.09 bits per heavy atom. The molecule has 4 nitrogen and oxygen atoms in total. The first kappa shape index (κ1) is 15.3. The van der Waals surface area contributed by atoms with Crippen molar-refractivity contribution in [3.8, 4) is 0 Å². The van der Waals surface area contributed by atoms with E-state index >= 15 is 0 Å². The number of hydrogen-bond acceptors (Lipinski definition) is 2. The number of amides is 2. The number of para-hydroxylation sites is 1. The third kappa shape index (κ3) is 2.84. The number of nitrogens with zero attached hydrogens (tertiary/aromatic N) is 1. The van der Waals surface area contributed by atoms with Crippen LogP contribution in [-0.4, -0.2) is 18.4 Å². The number of benzene rings is 2. The van der Waals surface area contributed by atoms with Crippen LogP contribution in [0.15, 0.2) is 54.6 Å². The monoisotopic (exact) mass is 308 g/mol. The predicted molar refractivity (Wildman–Crippen MR) is 90.4 cm³/mol. The maximum absolute atomic E-state index is 12.8. The Labute approximate surface area is 136 Å². The van der Waals surface area contributed by atoms with Gasteiger partial charge in [-0.15, -0.1) is 0 Å². The molecule has 1 atom stereocenters. The van der Waals surface area contributed by atoms with Crippen LogP contribution >= 0.6 is 0 Å². The molecule has 2 amide bonds. The number of hydrogen-bond donors (Lipinski definition) is 1. The van der Waals surface area contributed by atoms with Crippen LogP contribution in [0.5, 0.6) is 0 Å². The average molecular weight is 308 g/mol. The lowest BCUT2D eigenvalue weighted by Crippen LogP contribution is -2.39. The number of unbranched alkanes of at least 4 members (excludes halogenated alkanes) is 1. The van der Waals surface area contributed by atoms with Gasteiger partial charge in [0.15, 0.2) is 0 Å². The van der Waals surface area contributed by atoms with E-state index in [2.05, 4.69) is 12.2 Å². The SMILES string of the molecule is CCCCNC(=O)C1c2ccccc2C(=O)N1c1ccccc1. The van der Waals surface area contributed by atoms with Gasteiger partial charge in [-0.3, -0.25) is 14.5 Å². The molecule has 1 aliphatic rings. The average Bonchev–Trinajstić information content (AvgIpc) is 2.89. The van der Waals surface area contributed by atoms with Gasteiger partial charge in [-0.2, -0.15) is 0 Å². The molecule has 23 heavy (non-hydrogen) atoms.